The van der Waals surface area contributed by atoms with Crippen molar-refractivity contribution < 1.29 is 13.6 Å². The third-order valence-corrected chi connectivity index (χ3v) is 5.74. The highest BCUT2D eigenvalue weighted by molar-refractivity contribution is 6.05. The van der Waals surface area contributed by atoms with Crippen LogP contribution in [0.2, 0.25) is 0 Å². The monoisotopic (exact) mass is 444 g/mol. The van der Waals surface area contributed by atoms with Crippen molar-refractivity contribution in [2.75, 3.05) is 20.6 Å². The van der Waals surface area contributed by atoms with E-state index in [1.807, 2.05) is 55.4 Å². The molecule has 168 valence electrons. The third-order valence-electron chi connectivity index (χ3n) is 5.74. The Bertz CT molecular complexity index is 1360. The van der Waals surface area contributed by atoms with Gasteiger partial charge in [-0.3, -0.25) is 9.59 Å². The van der Waals surface area contributed by atoms with Gasteiger partial charge in [-0.05, 0) is 50.8 Å². The summed E-state index contributed by atoms with van der Waals surface area (Å²) in [7, 11) is 3.74. The Kier molecular flexibility index (Phi) is 6.38. The summed E-state index contributed by atoms with van der Waals surface area (Å²) in [6.45, 7) is 1.98. The lowest BCUT2D eigenvalue weighted by Crippen LogP contribution is -2.34. The van der Waals surface area contributed by atoms with Crippen LogP contribution < -0.4 is 10.7 Å². The first-order valence-corrected chi connectivity index (χ1v) is 10.7. The van der Waals surface area contributed by atoms with Gasteiger partial charge in [-0.25, -0.2) is 4.39 Å². The minimum atomic E-state index is -0.366. The van der Waals surface area contributed by atoms with E-state index < -0.39 is 0 Å². The van der Waals surface area contributed by atoms with E-state index in [4.69, 9.17) is 4.42 Å². The third kappa shape index (κ3) is 4.56. The van der Waals surface area contributed by atoms with Gasteiger partial charge in [0.25, 0.3) is 5.91 Å². The second-order valence-corrected chi connectivity index (χ2v) is 8.18. The molecule has 0 radical (unpaired) electrons. The number of halogens is 1. The van der Waals surface area contributed by atoms with Gasteiger partial charge >= 0.3 is 0 Å². The van der Waals surface area contributed by atoms with Gasteiger partial charge in [0, 0.05) is 17.7 Å². The number of para-hydroxylation sites is 1. The van der Waals surface area contributed by atoms with Crippen molar-refractivity contribution in [3.8, 4) is 11.3 Å². The van der Waals surface area contributed by atoms with Crippen LogP contribution in [0.25, 0.3) is 22.3 Å². The van der Waals surface area contributed by atoms with Crippen LogP contribution in [0.15, 0.2) is 82.0 Å². The van der Waals surface area contributed by atoms with Crippen molar-refractivity contribution in [2.45, 2.75) is 13.0 Å². The highest BCUT2D eigenvalue weighted by Crippen LogP contribution is 2.27. The van der Waals surface area contributed by atoms with Crippen LogP contribution in [0.3, 0.4) is 0 Å². The lowest BCUT2D eigenvalue weighted by atomic mass is 10.0. The van der Waals surface area contributed by atoms with Crippen LogP contribution in [-0.2, 0) is 0 Å². The van der Waals surface area contributed by atoms with E-state index in [9.17, 15) is 14.0 Å². The molecule has 33 heavy (non-hydrogen) atoms. The van der Waals surface area contributed by atoms with Crippen molar-refractivity contribution in [3.05, 3.63) is 106 Å². The maximum absolute atomic E-state index is 13.7. The Labute approximate surface area is 191 Å². The van der Waals surface area contributed by atoms with E-state index in [-0.39, 0.29) is 40.9 Å². The summed E-state index contributed by atoms with van der Waals surface area (Å²) in [5.74, 6) is -0.250. The maximum Gasteiger partial charge on any atom is 0.255 e. The van der Waals surface area contributed by atoms with Crippen LogP contribution in [0.5, 0.6) is 0 Å². The van der Waals surface area contributed by atoms with Crippen LogP contribution in [0, 0.1) is 12.7 Å². The maximum atomic E-state index is 13.7. The molecular formula is C27H25FN2O3. The highest BCUT2D eigenvalue weighted by Gasteiger charge is 2.20. The van der Waals surface area contributed by atoms with E-state index in [1.54, 1.807) is 31.2 Å². The normalized spacial score (nSPS) is 12.2. The zero-order valence-electron chi connectivity index (χ0n) is 18.8. The minimum absolute atomic E-state index is 0.171. The quantitative estimate of drug-likeness (QED) is 0.458. The Balaban J connectivity index is 1.70. The topological polar surface area (TPSA) is 62.6 Å². The van der Waals surface area contributed by atoms with Crippen LogP contribution >= 0.6 is 0 Å². The second-order valence-electron chi connectivity index (χ2n) is 8.18. The van der Waals surface area contributed by atoms with Gasteiger partial charge in [0.05, 0.1) is 17.0 Å². The number of likely N-dealkylation sites (N-methyl/N-ethyl adjacent to an activating group) is 1. The number of nitrogens with zero attached hydrogens (tertiary/aromatic N) is 1. The van der Waals surface area contributed by atoms with Gasteiger partial charge in [0.2, 0.25) is 0 Å². The molecule has 1 heterocycles. The molecule has 0 saturated carbocycles. The number of fused-ring (bicyclic) bond motifs is 1. The van der Waals surface area contributed by atoms with Gasteiger partial charge < -0.3 is 14.6 Å². The predicted octanol–water partition coefficient (Wildman–Crippen LogP) is 4.94. The minimum Gasteiger partial charge on any atom is -0.455 e. The average molecular weight is 445 g/mol. The molecule has 6 heteroatoms. The van der Waals surface area contributed by atoms with Crippen molar-refractivity contribution in [1.29, 1.82) is 0 Å². The van der Waals surface area contributed by atoms with Gasteiger partial charge in [-0.2, -0.15) is 0 Å². The number of carbonyl (C=O) groups is 1. The van der Waals surface area contributed by atoms with Crippen molar-refractivity contribution in [1.82, 2.24) is 10.2 Å². The largest absolute Gasteiger partial charge is 0.455 e. The molecule has 1 N–H and O–H groups in total. The standard InChI is InChI=1S/C27H25FN2O3/c1-17-24(31)21-13-8-14-22(26(21)33-25(17)18-9-5-4-6-10-18)27(32)29-16-23(30(2)3)19-11-7-12-20(28)15-19/h4-15,23H,16H2,1-3H3,(H,29,32). The summed E-state index contributed by atoms with van der Waals surface area (Å²) in [5.41, 5.74) is 2.37. The number of carbonyl (C=O) groups excluding carboxylic acids is 1. The SMILES string of the molecule is Cc1c(-c2ccccc2)oc2c(C(=O)NCC(c3cccc(F)c3)N(C)C)cccc2c1=O. The Morgan fingerprint density at radius 2 is 1.76 bits per heavy atom. The number of benzene rings is 3. The molecule has 1 unspecified atom stereocenters. The van der Waals surface area contributed by atoms with E-state index in [2.05, 4.69) is 5.32 Å². The fourth-order valence-electron chi connectivity index (χ4n) is 3.95. The molecule has 1 aromatic heterocycles. The summed E-state index contributed by atoms with van der Waals surface area (Å²) in [6.07, 6.45) is 0. The van der Waals surface area contributed by atoms with E-state index in [1.165, 1.54) is 12.1 Å². The molecule has 0 spiro atoms. The van der Waals surface area contributed by atoms with Gasteiger partial charge in [0.1, 0.15) is 11.6 Å². The molecule has 0 bridgehead atoms. The molecule has 1 amide bonds. The number of amides is 1. The van der Waals surface area contributed by atoms with Crippen molar-refractivity contribution in [2.24, 2.45) is 0 Å². The first-order chi connectivity index (χ1) is 15.9. The molecule has 0 aliphatic heterocycles. The lowest BCUT2D eigenvalue weighted by Gasteiger charge is -2.25. The molecule has 3 aromatic carbocycles. The Hall–Kier alpha value is -3.77. The fraction of sp³-hybridized carbons (Fsp3) is 0.185. The van der Waals surface area contributed by atoms with E-state index in [0.717, 1.165) is 11.1 Å². The van der Waals surface area contributed by atoms with Crippen molar-refractivity contribution in [3.63, 3.8) is 0 Å². The summed E-state index contributed by atoms with van der Waals surface area (Å²) < 4.78 is 19.9. The lowest BCUT2D eigenvalue weighted by molar-refractivity contribution is 0.0942. The predicted molar refractivity (Wildman–Crippen MR) is 128 cm³/mol. The molecule has 5 nitrogen and oxygen atoms in total. The van der Waals surface area contributed by atoms with Gasteiger partial charge in [0.15, 0.2) is 11.0 Å². The fourth-order valence-corrected chi connectivity index (χ4v) is 3.95. The molecular weight excluding hydrogens is 419 g/mol. The first kappa shape index (κ1) is 22.4. The average Bonchev–Trinajstić information content (AvgIpc) is 2.81. The number of rotatable bonds is 6. The molecule has 0 aliphatic carbocycles. The summed E-state index contributed by atoms with van der Waals surface area (Å²) in [6, 6.07) is 20.4. The molecule has 0 aliphatic rings. The summed E-state index contributed by atoms with van der Waals surface area (Å²) >= 11 is 0. The number of hydrogen-bond acceptors (Lipinski definition) is 4. The highest BCUT2D eigenvalue weighted by atomic mass is 19.1. The zero-order chi connectivity index (χ0) is 23.5. The smallest absolute Gasteiger partial charge is 0.255 e. The Morgan fingerprint density at radius 3 is 2.45 bits per heavy atom. The summed E-state index contributed by atoms with van der Waals surface area (Å²) in [4.78, 5) is 28.1. The van der Waals surface area contributed by atoms with Crippen LogP contribution in [0.4, 0.5) is 4.39 Å². The summed E-state index contributed by atoms with van der Waals surface area (Å²) in [5, 5.41) is 3.27. The molecule has 1 atom stereocenters. The zero-order valence-corrected chi connectivity index (χ0v) is 18.8. The van der Waals surface area contributed by atoms with E-state index in [0.29, 0.717) is 16.7 Å². The van der Waals surface area contributed by atoms with Crippen molar-refractivity contribution >= 4 is 16.9 Å². The van der Waals surface area contributed by atoms with E-state index >= 15 is 0 Å². The first-order valence-electron chi connectivity index (χ1n) is 10.7. The molecule has 0 saturated heterocycles. The van der Waals surface area contributed by atoms with Crippen LogP contribution in [-0.4, -0.2) is 31.4 Å². The molecule has 4 rings (SSSR count). The molecule has 4 aromatic rings. The van der Waals surface area contributed by atoms with Crippen LogP contribution in [0.1, 0.15) is 27.5 Å². The second kappa shape index (κ2) is 9.38. The van der Waals surface area contributed by atoms with Gasteiger partial charge in [-0.1, -0.05) is 48.5 Å². The number of hydrogen-bond donors (Lipinski definition) is 1. The van der Waals surface area contributed by atoms with Gasteiger partial charge in [-0.15, -0.1) is 0 Å². The molecule has 0 fully saturated rings. The Morgan fingerprint density at radius 1 is 1.03 bits per heavy atom. The number of nitrogens with one attached hydrogen (secondary N) is 1.